The molecule has 3 nitrogen and oxygen atoms in total. The van der Waals surface area contributed by atoms with E-state index >= 15 is 0 Å². The van der Waals surface area contributed by atoms with Gasteiger partial charge in [0.25, 0.3) is 0 Å². The highest BCUT2D eigenvalue weighted by Crippen LogP contribution is 2.13. The summed E-state index contributed by atoms with van der Waals surface area (Å²) in [7, 11) is 0. The maximum Gasteiger partial charge on any atom is 0.309 e. The fraction of sp³-hybridized carbons (Fsp3) is 0.900. The van der Waals surface area contributed by atoms with E-state index in [2.05, 4.69) is 12.6 Å². The first-order valence-corrected chi connectivity index (χ1v) is 5.87. The minimum atomic E-state index is -0.116. The number of hydrogen-bond acceptors (Lipinski definition) is 4. The van der Waals surface area contributed by atoms with Gasteiger partial charge in [-0.05, 0) is 26.3 Å². The first kappa shape index (κ1) is 13.8. The second kappa shape index (κ2) is 9.34. The number of rotatable bonds is 8. The van der Waals surface area contributed by atoms with Crippen LogP contribution in [0.4, 0.5) is 0 Å². The van der Waals surface area contributed by atoms with Crippen LogP contribution in [-0.2, 0) is 9.53 Å². The van der Waals surface area contributed by atoms with Crippen molar-refractivity contribution in [2.45, 2.75) is 32.6 Å². The van der Waals surface area contributed by atoms with Crippen molar-refractivity contribution in [2.24, 2.45) is 11.7 Å². The van der Waals surface area contributed by atoms with Gasteiger partial charge in [0.2, 0.25) is 0 Å². The molecule has 0 bridgehead atoms. The second-order valence-electron chi connectivity index (χ2n) is 3.27. The van der Waals surface area contributed by atoms with E-state index in [9.17, 15) is 4.79 Å². The van der Waals surface area contributed by atoms with E-state index in [0.29, 0.717) is 12.4 Å². The summed E-state index contributed by atoms with van der Waals surface area (Å²) in [6.07, 6.45) is 4.01. The number of ether oxygens (including phenoxy) is 1. The molecule has 84 valence electrons. The molecular formula is C10H21NO2S. The number of esters is 1. The molecular weight excluding hydrogens is 198 g/mol. The fourth-order valence-electron chi connectivity index (χ4n) is 1.26. The van der Waals surface area contributed by atoms with Crippen molar-refractivity contribution < 1.29 is 9.53 Å². The molecule has 14 heavy (non-hydrogen) atoms. The molecule has 0 radical (unpaired) electrons. The summed E-state index contributed by atoms with van der Waals surface area (Å²) in [4.78, 5) is 11.3. The maximum absolute atomic E-state index is 11.3. The minimum absolute atomic E-state index is 0.0453. The molecule has 0 saturated heterocycles. The highest BCUT2D eigenvalue weighted by atomic mass is 32.1. The molecule has 0 aliphatic carbocycles. The number of nitrogens with two attached hydrogens (primary N) is 1. The quantitative estimate of drug-likeness (QED) is 0.370. The standard InChI is InChI=1S/C10H21NO2S/c1-2-13-10(12)9(8-14)6-4-3-5-7-11/h9,14H,2-8,11H2,1H3. The van der Waals surface area contributed by atoms with Gasteiger partial charge in [-0.25, -0.2) is 0 Å². The lowest BCUT2D eigenvalue weighted by molar-refractivity contribution is -0.147. The van der Waals surface area contributed by atoms with E-state index < -0.39 is 0 Å². The summed E-state index contributed by atoms with van der Waals surface area (Å²) in [5, 5.41) is 0. The summed E-state index contributed by atoms with van der Waals surface area (Å²) in [5.41, 5.74) is 5.38. The Morgan fingerprint density at radius 3 is 2.64 bits per heavy atom. The van der Waals surface area contributed by atoms with Crippen LogP contribution in [0.15, 0.2) is 0 Å². The molecule has 0 aromatic rings. The van der Waals surface area contributed by atoms with Gasteiger partial charge in [0.1, 0.15) is 0 Å². The molecule has 4 heteroatoms. The summed E-state index contributed by atoms with van der Waals surface area (Å²) >= 11 is 4.15. The first-order valence-electron chi connectivity index (χ1n) is 5.23. The van der Waals surface area contributed by atoms with Crippen LogP contribution in [0, 0.1) is 5.92 Å². The van der Waals surface area contributed by atoms with Crippen LogP contribution in [0.2, 0.25) is 0 Å². The number of hydrogen-bond donors (Lipinski definition) is 2. The lowest BCUT2D eigenvalue weighted by Gasteiger charge is -2.12. The largest absolute Gasteiger partial charge is 0.466 e. The van der Waals surface area contributed by atoms with Crippen molar-refractivity contribution in [3.8, 4) is 0 Å². The van der Waals surface area contributed by atoms with Gasteiger partial charge < -0.3 is 10.5 Å². The molecule has 0 amide bonds. The molecule has 0 aliphatic heterocycles. The summed E-state index contributed by atoms with van der Waals surface area (Å²) in [6.45, 7) is 3.00. The number of thiol groups is 1. The Balaban J connectivity index is 3.62. The van der Waals surface area contributed by atoms with Crippen LogP contribution >= 0.6 is 12.6 Å². The Labute approximate surface area is 91.8 Å². The highest BCUT2D eigenvalue weighted by molar-refractivity contribution is 7.80. The van der Waals surface area contributed by atoms with Crippen molar-refractivity contribution in [3.63, 3.8) is 0 Å². The molecule has 0 spiro atoms. The van der Waals surface area contributed by atoms with Gasteiger partial charge in [-0.15, -0.1) is 0 Å². The van der Waals surface area contributed by atoms with Crippen LogP contribution in [0.1, 0.15) is 32.6 Å². The summed E-state index contributed by atoms with van der Waals surface area (Å²) in [6, 6.07) is 0. The van der Waals surface area contributed by atoms with Crippen LogP contribution in [0.25, 0.3) is 0 Å². The first-order chi connectivity index (χ1) is 6.76. The number of unbranched alkanes of at least 4 members (excludes halogenated alkanes) is 2. The van der Waals surface area contributed by atoms with Gasteiger partial charge in [0, 0.05) is 5.75 Å². The fourth-order valence-corrected chi connectivity index (χ4v) is 1.59. The van der Waals surface area contributed by atoms with Crippen molar-refractivity contribution in [2.75, 3.05) is 18.9 Å². The van der Waals surface area contributed by atoms with E-state index in [0.717, 1.165) is 32.2 Å². The number of carbonyl (C=O) groups excluding carboxylic acids is 1. The Morgan fingerprint density at radius 1 is 1.43 bits per heavy atom. The molecule has 0 aliphatic rings. The molecule has 0 fully saturated rings. The van der Waals surface area contributed by atoms with Crippen LogP contribution in [-0.4, -0.2) is 24.9 Å². The van der Waals surface area contributed by atoms with E-state index in [1.165, 1.54) is 0 Å². The van der Waals surface area contributed by atoms with Gasteiger partial charge >= 0.3 is 5.97 Å². The molecule has 0 aromatic heterocycles. The predicted molar refractivity (Wildman–Crippen MR) is 61.5 cm³/mol. The van der Waals surface area contributed by atoms with E-state index in [4.69, 9.17) is 10.5 Å². The molecule has 0 rings (SSSR count). The van der Waals surface area contributed by atoms with Gasteiger partial charge in [0.05, 0.1) is 12.5 Å². The molecule has 2 N–H and O–H groups in total. The zero-order chi connectivity index (χ0) is 10.8. The van der Waals surface area contributed by atoms with E-state index in [1.807, 2.05) is 6.92 Å². The summed E-state index contributed by atoms with van der Waals surface area (Å²) < 4.78 is 4.94. The van der Waals surface area contributed by atoms with Gasteiger partial charge in [-0.3, -0.25) is 4.79 Å². The second-order valence-corrected chi connectivity index (χ2v) is 3.63. The van der Waals surface area contributed by atoms with Crippen LogP contribution < -0.4 is 5.73 Å². The van der Waals surface area contributed by atoms with Crippen LogP contribution in [0.3, 0.4) is 0 Å². The van der Waals surface area contributed by atoms with E-state index in [1.54, 1.807) is 0 Å². The zero-order valence-corrected chi connectivity index (χ0v) is 9.76. The molecule has 0 aromatic carbocycles. The van der Waals surface area contributed by atoms with Crippen molar-refractivity contribution in [3.05, 3.63) is 0 Å². The molecule has 0 saturated carbocycles. The third-order valence-electron chi connectivity index (χ3n) is 2.10. The highest BCUT2D eigenvalue weighted by Gasteiger charge is 2.16. The van der Waals surface area contributed by atoms with E-state index in [-0.39, 0.29) is 11.9 Å². The third kappa shape index (κ3) is 6.27. The van der Waals surface area contributed by atoms with Crippen LogP contribution in [0.5, 0.6) is 0 Å². The van der Waals surface area contributed by atoms with Gasteiger partial charge in [0.15, 0.2) is 0 Å². The Kier molecular flexibility index (Phi) is 9.19. The Hall–Kier alpha value is -0.220. The lowest BCUT2D eigenvalue weighted by Crippen LogP contribution is -2.19. The Bertz CT molecular complexity index is 153. The van der Waals surface area contributed by atoms with Crippen molar-refractivity contribution >= 4 is 18.6 Å². The SMILES string of the molecule is CCOC(=O)C(CS)CCCCCN. The average Bonchev–Trinajstić information content (AvgIpc) is 2.18. The average molecular weight is 219 g/mol. The summed E-state index contributed by atoms with van der Waals surface area (Å²) in [5.74, 6) is 0.410. The maximum atomic E-state index is 11.3. The minimum Gasteiger partial charge on any atom is -0.466 e. The zero-order valence-electron chi connectivity index (χ0n) is 8.87. The Morgan fingerprint density at radius 2 is 2.14 bits per heavy atom. The topological polar surface area (TPSA) is 52.3 Å². The molecule has 1 unspecified atom stereocenters. The normalized spacial score (nSPS) is 12.5. The molecule has 1 atom stereocenters. The van der Waals surface area contributed by atoms with Gasteiger partial charge in [-0.2, -0.15) is 12.6 Å². The van der Waals surface area contributed by atoms with Crippen molar-refractivity contribution in [1.82, 2.24) is 0 Å². The monoisotopic (exact) mass is 219 g/mol. The lowest BCUT2D eigenvalue weighted by atomic mass is 10.0. The third-order valence-corrected chi connectivity index (χ3v) is 2.54. The predicted octanol–water partition coefficient (Wildman–Crippen LogP) is 1.61. The smallest absolute Gasteiger partial charge is 0.309 e. The molecule has 0 heterocycles. The number of carbonyl (C=O) groups is 1. The van der Waals surface area contributed by atoms with Crippen molar-refractivity contribution in [1.29, 1.82) is 0 Å². The van der Waals surface area contributed by atoms with Gasteiger partial charge in [-0.1, -0.05) is 12.8 Å².